The number of rotatable bonds is 6. The number of aromatic nitrogens is 2. The zero-order chi connectivity index (χ0) is 21.4. The third-order valence-corrected chi connectivity index (χ3v) is 4.87. The number of ether oxygens (including phenoxy) is 2. The lowest BCUT2D eigenvalue weighted by Gasteiger charge is -2.34. The highest BCUT2D eigenvalue weighted by Crippen LogP contribution is 2.42. The van der Waals surface area contributed by atoms with Crippen LogP contribution in [0.5, 0.6) is 11.5 Å². The Morgan fingerprint density at radius 1 is 1.03 bits per heavy atom. The number of nitrogens with one attached hydrogen (secondary N) is 1. The van der Waals surface area contributed by atoms with Gasteiger partial charge in [-0.25, -0.2) is 4.98 Å². The van der Waals surface area contributed by atoms with Gasteiger partial charge in [0.2, 0.25) is 0 Å². The van der Waals surface area contributed by atoms with Crippen molar-refractivity contribution < 1.29 is 9.47 Å². The predicted molar refractivity (Wildman–Crippen MR) is 120 cm³/mol. The molecule has 0 aliphatic rings. The maximum absolute atomic E-state index is 5.71. The molecule has 0 radical (unpaired) electrons. The third kappa shape index (κ3) is 4.50. The zero-order valence-corrected chi connectivity index (χ0v) is 18.9. The van der Waals surface area contributed by atoms with Crippen molar-refractivity contribution in [1.29, 1.82) is 0 Å². The van der Waals surface area contributed by atoms with Crippen LogP contribution in [0.2, 0.25) is 0 Å². The molecule has 5 heteroatoms. The van der Waals surface area contributed by atoms with Gasteiger partial charge in [-0.2, -0.15) is 0 Å². The van der Waals surface area contributed by atoms with Crippen molar-refractivity contribution in [3.63, 3.8) is 0 Å². The summed E-state index contributed by atoms with van der Waals surface area (Å²) < 4.78 is 13.3. The summed E-state index contributed by atoms with van der Waals surface area (Å²) in [6.45, 7) is 13.3. The SMILES string of the molecule is COc1cccc(-c2nc3cc(C)ccn3c2NC(C)(C)CC(C)(C)C)c1OC. The second kappa shape index (κ2) is 7.62. The highest BCUT2D eigenvalue weighted by molar-refractivity contribution is 5.82. The Labute approximate surface area is 174 Å². The van der Waals surface area contributed by atoms with Crippen LogP contribution in [0.4, 0.5) is 5.82 Å². The molecule has 0 aliphatic carbocycles. The fourth-order valence-electron chi connectivity index (χ4n) is 4.22. The number of imidazole rings is 1. The van der Waals surface area contributed by atoms with E-state index in [0.717, 1.165) is 29.1 Å². The van der Waals surface area contributed by atoms with Crippen LogP contribution in [-0.4, -0.2) is 29.1 Å². The average molecular weight is 396 g/mol. The van der Waals surface area contributed by atoms with Crippen LogP contribution in [0.25, 0.3) is 16.9 Å². The maximum Gasteiger partial charge on any atom is 0.170 e. The standard InChI is InChI=1S/C24H33N3O2/c1-16-12-13-27-19(14-16)25-20(17-10-9-11-18(28-7)21(17)29-8)22(27)26-24(5,6)15-23(2,3)4/h9-14,26H,15H2,1-8H3. The first-order valence-corrected chi connectivity index (χ1v) is 10.0. The van der Waals surface area contributed by atoms with Crippen LogP contribution in [0.3, 0.4) is 0 Å². The quantitative estimate of drug-likeness (QED) is 0.560. The van der Waals surface area contributed by atoms with Crippen LogP contribution in [0.1, 0.15) is 46.6 Å². The largest absolute Gasteiger partial charge is 0.493 e. The molecule has 0 fully saturated rings. The van der Waals surface area contributed by atoms with Gasteiger partial charge >= 0.3 is 0 Å². The minimum atomic E-state index is -0.125. The van der Waals surface area contributed by atoms with Gasteiger partial charge in [-0.3, -0.25) is 4.40 Å². The molecule has 2 heterocycles. The van der Waals surface area contributed by atoms with E-state index in [9.17, 15) is 0 Å². The van der Waals surface area contributed by atoms with Gasteiger partial charge in [-0.15, -0.1) is 0 Å². The number of aryl methyl sites for hydroxylation is 1. The molecule has 156 valence electrons. The molecule has 5 nitrogen and oxygen atoms in total. The van der Waals surface area contributed by atoms with Crippen LogP contribution in [0, 0.1) is 12.3 Å². The summed E-state index contributed by atoms with van der Waals surface area (Å²) in [6, 6.07) is 10.1. The van der Waals surface area contributed by atoms with Crippen molar-refractivity contribution in [2.24, 2.45) is 5.41 Å². The van der Waals surface area contributed by atoms with E-state index >= 15 is 0 Å². The van der Waals surface area contributed by atoms with Gasteiger partial charge in [-0.05, 0) is 62.4 Å². The van der Waals surface area contributed by atoms with Crippen molar-refractivity contribution in [3.8, 4) is 22.8 Å². The van der Waals surface area contributed by atoms with Crippen LogP contribution < -0.4 is 14.8 Å². The minimum Gasteiger partial charge on any atom is -0.493 e. The molecule has 0 saturated carbocycles. The third-order valence-electron chi connectivity index (χ3n) is 4.87. The smallest absolute Gasteiger partial charge is 0.170 e. The fourth-order valence-corrected chi connectivity index (χ4v) is 4.22. The molecule has 0 spiro atoms. The Balaban J connectivity index is 2.22. The zero-order valence-electron chi connectivity index (χ0n) is 18.9. The highest BCUT2D eigenvalue weighted by atomic mass is 16.5. The number of methoxy groups -OCH3 is 2. The summed E-state index contributed by atoms with van der Waals surface area (Å²) in [5.41, 5.74) is 3.91. The normalized spacial score (nSPS) is 12.3. The first-order valence-electron chi connectivity index (χ1n) is 10.0. The second-order valence-corrected chi connectivity index (χ2v) is 9.53. The predicted octanol–water partition coefficient (Wildman–Crippen LogP) is 5.95. The molecule has 0 atom stereocenters. The highest BCUT2D eigenvalue weighted by Gasteiger charge is 2.29. The van der Waals surface area contributed by atoms with Gasteiger partial charge in [0.1, 0.15) is 17.2 Å². The van der Waals surface area contributed by atoms with Gasteiger partial charge in [-0.1, -0.05) is 26.8 Å². The molecule has 0 amide bonds. The number of fused-ring (bicyclic) bond motifs is 1. The number of para-hydroxylation sites is 1. The summed E-state index contributed by atoms with van der Waals surface area (Å²) >= 11 is 0. The van der Waals surface area contributed by atoms with Gasteiger partial charge in [0.05, 0.1) is 14.2 Å². The Morgan fingerprint density at radius 3 is 2.38 bits per heavy atom. The minimum absolute atomic E-state index is 0.125. The molecule has 1 aromatic carbocycles. The first-order chi connectivity index (χ1) is 13.5. The fraction of sp³-hybridized carbons (Fsp3) is 0.458. The number of hydrogen-bond donors (Lipinski definition) is 1. The summed E-state index contributed by atoms with van der Waals surface area (Å²) in [5.74, 6) is 2.34. The number of pyridine rings is 1. The van der Waals surface area contributed by atoms with Crippen LogP contribution in [0.15, 0.2) is 36.5 Å². The van der Waals surface area contributed by atoms with E-state index in [1.165, 1.54) is 5.56 Å². The van der Waals surface area contributed by atoms with E-state index in [0.29, 0.717) is 11.5 Å². The lowest BCUT2D eigenvalue weighted by Crippen LogP contribution is -2.36. The molecule has 3 aromatic rings. The monoisotopic (exact) mass is 395 g/mol. The molecule has 2 aromatic heterocycles. The molecule has 3 rings (SSSR count). The molecule has 0 aliphatic heterocycles. The average Bonchev–Trinajstić information content (AvgIpc) is 2.95. The van der Waals surface area contributed by atoms with Crippen molar-refractivity contribution in [2.45, 2.75) is 53.5 Å². The van der Waals surface area contributed by atoms with Crippen molar-refractivity contribution in [2.75, 3.05) is 19.5 Å². The number of hydrogen-bond acceptors (Lipinski definition) is 4. The van der Waals surface area contributed by atoms with Crippen molar-refractivity contribution in [3.05, 3.63) is 42.1 Å². The Bertz CT molecular complexity index is 1010. The molecule has 0 bridgehead atoms. The molecular weight excluding hydrogens is 362 g/mol. The molecule has 0 saturated heterocycles. The molecule has 29 heavy (non-hydrogen) atoms. The number of nitrogens with zero attached hydrogens (tertiary/aromatic N) is 2. The number of anilines is 1. The Morgan fingerprint density at radius 2 is 1.76 bits per heavy atom. The van der Waals surface area contributed by atoms with Gasteiger partial charge < -0.3 is 14.8 Å². The van der Waals surface area contributed by atoms with E-state index < -0.39 is 0 Å². The molecular formula is C24H33N3O2. The van der Waals surface area contributed by atoms with E-state index in [1.54, 1.807) is 14.2 Å². The van der Waals surface area contributed by atoms with Crippen LogP contribution >= 0.6 is 0 Å². The molecule has 1 N–H and O–H groups in total. The first kappa shape index (κ1) is 21.0. The molecule has 0 unspecified atom stereocenters. The van der Waals surface area contributed by atoms with E-state index in [4.69, 9.17) is 14.5 Å². The maximum atomic E-state index is 5.71. The van der Waals surface area contributed by atoms with E-state index in [-0.39, 0.29) is 11.0 Å². The summed E-state index contributed by atoms with van der Waals surface area (Å²) in [7, 11) is 3.32. The van der Waals surface area contributed by atoms with Crippen LogP contribution in [-0.2, 0) is 0 Å². The van der Waals surface area contributed by atoms with Gasteiger partial charge in [0, 0.05) is 17.3 Å². The van der Waals surface area contributed by atoms with Crippen molar-refractivity contribution >= 4 is 11.5 Å². The number of benzene rings is 1. The lowest BCUT2D eigenvalue weighted by atomic mass is 9.82. The van der Waals surface area contributed by atoms with Crippen molar-refractivity contribution in [1.82, 2.24) is 9.38 Å². The van der Waals surface area contributed by atoms with Gasteiger partial charge in [0.15, 0.2) is 11.5 Å². The van der Waals surface area contributed by atoms with E-state index in [1.807, 2.05) is 18.2 Å². The Kier molecular flexibility index (Phi) is 5.52. The second-order valence-electron chi connectivity index (χ2n) is 9.53. The summed E-state index contributed by atoms with van der Waals surface area (Å²) in [4.78, 5) is 4.97. The Hall–Kier alpha value is -2.69. The van der Waals surface area contributed by atoms with Gasteiger partial charge in [0.25, 0.3) is 0 Å². The van der Waals surface area contributed by atoms with E-state index in [2.05, 4.69) is 69.6 Å². The summed E-state index contributed by atoms with van der Waals surface area (Å²) in [6.07, 6.45) is 3.08. The summed E-state index contributed by atoms with van der Waals surface area (Å²) in [5, 5.41) is 3.78. The lowest BCUT2D eigenvalue weighted by molar-refractivity contribution is 0.302. The topological polar surface area (TPSA) is 47.8 Å².